The molecular weight excluding hydrogens is 422 g/mol. The summed E-state index contributed by atoms with van der Waals surface area (Å²) in [6.45, 7) is 7.59. The summed E-state index contributed by atoms with van der Waals surface area (Å²) in [5.74, 6) is 0.590. The Kier molecular flexibility index (Phi) is 6.86. The zero-order valence-corrected chi connectivity index (χ0v) is 19.8. The maximum atomic E-state index is 12.7. The van der Waals surface area contributed by atoms with E-state index in [0.29, 0.717) is 18.7 Å². The van der Waals surface area contributed by atoms with Gasteiger partial charge in [-0.05, 0) is 80.5 Å². The molecule has 2 aromatic rings. The molecule has 2 aliphatic rings. The van der Waals surface area contributed by atoms with E-state index in [2.05, 4.69) is 41.4 Å². The molecule has 0 radical (unpaired) electrons. The van der Waals surface area contributed by atoms with E-state index in [4.69, 9.17) is 0 Å². The van der Waals surface area contributed by atoms with Crippen molar-refractivity contribution in [3.05, 3.63) is 59.7 Å². The number of amides is 1. The number of anilines is 1. The van der Waals surface area contributed by atoms with Crippen molar-refractivity contribution < 1.29 is 13.2 Å². The van der Waals surface area contributed by atoms with Gasteiger partial charge in [0.15, 0.2) is 0 Å². The highest BCUT2D eigenvalue weighted by Crippen LogP contribution is 2.25. The Balaban J connectivity index is 1.37. The Morgan fingerprint density at radius 3 is 2.12 bits per heavy atom. The van der Waals surface area contributed by atoms with Gasteiger partial charge in [-0.25, -0.2) is 8.42 Å². The summed E-state index contributed by atoms with van der Waals surface area (Å²) in [6, 6.07) is 14.5. The summed E-state index contributed by atoms with van der Waals surface area (Å²) < 4.78 is 26.8. The van der Waals surface area contributed by atoms with Crippen LogP contribution in [0.4, 0.5) is 5.69 Å². The first kappa shape index (κ1) is 22.8. The van der Waals surface area contributed by atoms with Gasteiger partial charge in [0.2, 0.25) is 10.0 Å². The van der Waals surface area contributed by atoms with Crippen LogP contribution in [0.2, 0.25) is 0 Å². The minimum atomic E-state index is -3.47. The third-order valence-corrected chi connectivity index (χ3v) is 8.62. The molecule has 2 fully saturated rings. The van der Waals surface area contributed by atoms with Crippen LogP contribution in [0, 0.1) is 5.92 Å². The van der Waals surface area contributed by atoms with Crippen LogP contribution in [0.15, 0.2) is 53.4 Å². The number of nitrogens with one attached hydrogen (secondary N) is 1. The Morgan fingerprint density at radius 1 is 0.938 bits per heavy atom. The molecule has 6 nitrogen and oxygen atoms in total. The number of piperidine rings is 1. The Hall–Kier alpha value is -2.38. The van der Waals surface area contributed by atoms with E-state index in [-0.39, 0.29) is 16.8 Å². The van der Waals surface area contributed by atoms with Crippen molar-refractivity contribution in [2.24, 2.45) is 5.92 Å². The predicted molar refractivity (Wildman–Crippen MR) is 127 cm³/mol. The van der Waals surface area contributed by atoms with Gasteiger partial charge in [-0.1, -0.05) is 19.1 Å². The van der Waals surface area contributed by atoms with Gasteiger partial charge in [0.25, 0.3) is 5.91 Å². The average molecular weight is 456 g/mol. The third-order valence-electron chi connectivity index (χ3n) is 6.71. The minimum absolute atomic E-state index is 0.147. The molecule has 0 aliphatic carbocycles. The SMILES string of the molecule is CC1CCN(c2ccc([C@@H](C)NC(=O)c3ccc(S(=O)(=O)N4CCCC4)cc3)cc2)CC1. The van der Waals surface area contributed by atoms with Gasteiger partial charge in [0.05, 0.1) is 10.9 Å². The molecule has 0 spiro atoms. The summed E-state index contributed by atoms with van der Waals surface area (Å²) in [5, 5.41) is 3.02. The van der Waals surface area contributed by atoms with Crippen LogP contribution >= 0.6 is 0 Å². The number of nitrogens with zero attached hydrogens (tertiary/aromatic N) is 2. The van der Waals surface area contributed by atoms with E-state index < -0.39 is 10.0 Å². The fourth-order valence-corrected chi connectivity index (χ4v) is 5.98. The second-order valence-corrected chi connectivity index (χ2v) is 11.0. The molecule has 1 N–H and O–H groups in total. The summed E-state index contributed by atoms with van der Waals surface area (Å²) in [4.78, 5) is 15.4. The van der Waals surface area contributed by atoms with E-state index in [9.17, 15) is 13.2 Å². The highest BCUT2D eigenvalue weighted by Gasteiger charge is 2.27. The smallest absolute Gasteiger partial charge is 0.251 e. The third kappa shape index (κ3) is 4.99. The number of rotatable bonds is 6. The topological polar surface area (TPSA) is 69.7 Å². The van der Waals surface area contributed by atoms with Gasteiger partial charge < -0.3 is 10.2 Å². The number of hydrogen-bond acceptors (Lipinski definition) is 4. The fourth-order valence-electron chi connectivity index (χ4n) is 4.46. The van der Waals surface area contributed by atoms with Crippen molar-refractivity contribution >= 4 is 21.6 Å². The Bertz CT molecular complexity index is 1020. The molecule has 7 heteroatoms. The maximum Gasteiger partial charge on any atom is 0.251 e. The van der Waals surface area contributed by atoms with Crippen molar-refractivity contribution in [2.45, 2.75) is 50.5 Å². The van der Waals surface area contributed by atoms with Gasteiger partial charge in [-0.3, -0.25) is 4.79 Å². The first-order valence-electron chi connectivity index (χ1n) is 11.6. The number of carbonyl (C=O) groups excluding carboxylic acids is 1. The Labute approximate surface area is 191 Å². The van der Waals surface area contributed by atoms with Crippen molar-refractivity contribution in [2.75, 3.05) is 31.1 Å². The summed E-state index contributed by atoms with van der Waals surface area (Å²) in [6.07, 6.45) is 4.25. The highest BCUT2D eigenvalue weighted by atomic mass is 32.2. The van der Waals surface area contributed by atoms with Crippen LogP contribution in [-0.2, 0) is 10.0 Å². The van der Waals surface area contributed by atoms with Crippen LogP contribution in [0.5, 0.6) is 0 Å². The molecule has 1 amide bonds. The first-order chi connectivity index (χ1) is 15.3. The number of hydrogen-bond donors (Lipinski definition) is 1. The molecule has 172 valence electrons. The summed E-state index contributed by atoms with van der Waals surface area (Å²) >= 11 is 0. The summed E-state index contributed by atoms with van der Waals surface area (Å²) in [7, 11) is -3.47. The largest absolute Gasteiger partial charge is 0.372 e. The molecule has 4 rings (SSSR count). The van der Waals surface area contributed by atoms with E-state index in [1.165, 1.54) is 35.0 Å². The van der Waals surface area contributed by atoms with Crippen molar-refractivity contribution in [1.29, 1.82) is 0 Å². The molecule has 32 heavy (non-hydrogen) atoms. The molecule has 0 saturated carbocycles. The Morgan fingerprint density at radius 2 is 1.53 bits per heavy atom. The van der Waals surface area contributed by atoms with Crippen LogP contribution < -0.4 is 10.2 Å². The van der Waals surface area contributed by atoms with E-state index in [1.807, 2.05) is 6.92 Å². The molecule has 2 aliphatic heterocycles. The molecule has 0 bridgehead atoms. The normalized spacial score (nSPS) is 19.1. The van der Waals surface area contributed by atoms with Gasteiger partial charge in [0, 0.05) is 37.4 Å². The molecule has 2 aromatic carbocycles. The average Bonchev–Trinajstić information content (AvgIpc) is 3.36. The number of carbonyl (C=O) groups is 1. The number of sulfonamides is 1. The molecule has 1 atom stereocenters. The lowest BCUT2D eigenvalue weighted by molar-refractivity contribution is 0.0940. The molecular formula is C25H33N3O3S. The molecule has 2 heterocycles. The standard InChI is InChI=1S/C25H33N3O3S/c1-19-13-17-27(18-14-19)23-9-5-21(6-10-23)20(2)26-25(29)22-7-11-24(12-8-22)32(30,31)28-15-3-4-16-28/h5-12,19-20H,3-4,13-18H2,1-2H3,(H,26,29)/t20-/m1/s1. The highest BCUT2D eigenvalue weighted by molar-refractivity contribution is 7.89. The quantitative estimate of drug-likeness (QED) is 0.709. The van der Waals surface area contributed by atoms with Crippen LogP contribution in [0.25, 0.3) is 0 Å². The van der Waals surface area contributed by atoms with Crippen LogP contribution in [-0.4, -0.2) is 44.8 Å². The van der Waals surface area contributed by atoms with E-state index in [0.717, 1.165) is 37.4 Å². The van der Waals surface area contributed by atoms with Crippen LogP contribution in [0.3, 0.4) is 0 Å². The first-order valence-corrected chi connectivity index (χ1v) is 13.0. The lowest BCUT2D eigenvalue weighted by atomic mass is 9.98. The van der Waals surface area contributed by atoms with E-state index in [1.54, 1.807) is 12.1 Å². The van der Waals surface area contributed by atoms with Crippen molar-refractivity contribution in [3.8, 4) is 0 Å². The molecule has 2 saturated heterocycles. The minimum Gasteiger partial charge on any atom is -0.372 e. The monoisotopic (exact) mass is 455 g/mol. The van der Waals surface area contributed by atoms with Crippen molar-refractivity contribution in [1.82, 2.24) is 9.62 Å². The lowest BCUT2D eigenvalue weighted by Gasteiger charge is -2.32. The zero-order chi connectivity index (χ0) is 22.7. The van der Waals surface area contributed by atoms with Gasteiger partial charge in [-0.2, -0.15) is 4.31 Å². The van der Waals surface area contributed by atoms with Gasteiger partial charge >= 0.3 is 0 Å². The molecule has 0 unspecified atom stereocenters. The van der Waals surface area contributed by atoms with Crippen LogP contribution in [0.1, 0.15) is 61.5 Å². The predicted octanol–water partition coefficient (Wildman–Crippen LogP) is 4.20. The fraction of sp³-hybridized carbons (Fsp3) is 0.480. The lowest BCUT2D eigenvalue weighted by Crippen LogP contribution is -2.32. The second-order valence-electron chi connectivity index (χ2n) is 9.09. The van der Waals surface area contributed by atoms with Gasteiger partial charge in [0.1, 0.15) is 0 Å². The van der Waals surface area contributed by atoms with E-state index >= 15 is 0 Å². The maximum absolute atomic E-state index is 12.7. The second kappa shape index (κ2) is 9.63. The van der Waals surface area contributed by atoms with Crippen molar-refractivity contribution in [3.63, 3.8) is 0 Å². The molecule has 0 aromatic heterocycles. The van der Waals surface area contributed by atoms with Gasteiger partial charge in [-0.15, -0.1) is 0 Å². The summed E-state index contributed by atoms with van der Waals surface area (Å²) in [5.41, 5.74) is 2.73. The zero-order valence-electron chi connectivity index (χ0n) is 19.0. The number of benzene rings is 2.